The van der Waals surface area contributed by atoms with Crippen molar-refractivity contribution in [2.45, 2.75) is 63.7 Å². The quantitative estimate of drug-likeness (QED) is 0.137. The van der Waals surface area contributed by atoms with Crippen molar-refractivity contribution in [3.8, 4) is 0 Å². The molecule has 5 atom stereocenters. The van der Waals surface area contributed by atoms with Gasteiger partial charge in [0.1, 0.15) is 18.1 Å². The Kier molecular flexibility index (Phi) is 14.3. The van der Waals surface area contributed by atoms with Gasteiger partial charge in [0.2, 0.25) is 17.7 Å². The summed E-state index contributed by atoms with van der Waals surface area (Å²) in [6.07, 6.45) is 1.85. The zero-order valence-corrected chi connectivity index (χ0v) is 19.3. The van der Waals surface area contributed by atoms with Gasteiger partial charge in [-0.15, -0.1) is 0 Å². The maximum Gasteiger partial charge on any atom is 0.326 e. The molecule has 0 saturated heterocycles. The van der Waals surface area contributed by atoms with Crippen LogP contribution in [0.2, 0.25) is 0 Å². The van der Waals surface area contributed by atoms with Crippen LogP contribution in [0.4, 0.5) is 0 Å². The number of aliphatic carboxylic acids is 2. The monoisotopic (exact) mass is 478 g/mol. The second-order valence-corrected chi connectivity index (χ2v) is 8.32. The zero-order valence-electron chi connectivity index (χ0n) is 18.5. The SMILES string of the molecule is CCC(C)C(N)C(=O)NC(CCSC)C(=O)NC(CO)C(=O)NC(CCC(=O)O)C(=O)O. The normalized spacial score (nSPS) is 15.5. The van der Waals surface area contributed by atoms with E-state index in [0.29, 0.717) is 12.2 Å². The van der Waals surface area contributed by atoms with Gasteiger partial charge in [0.05, 0.1) is 12.6 Å². The van der Waals surface area contributed by atoms with E-state index in [1.54, 1.807) is 6.92 Å². The van der Waals surface area contributed by atoms with Gasteiger partial charge in [-0.05, 0) is 30.8 Å². The highest BCUT2D eigenvalue weighted by Crippen LogP contribution is 2.08. The summed E-state index contributed by atoms with van der Waals surface area (Å²) in [5.74, 6) is -4.55. The number of hydrogen-bond acceptors (Lipinski definition) is 8. The average Bonchev–Trinajstić information content (AvgIpc) is 2.75. The van der Waals surface area contributed by atoms with E-state index < -0.39 is 66.9 Å². The van der Waals surface area contributed by atoms with E-state index in [2.05, 4.69) is 16.0 Å². The maximum absolute atomic E-state index is 12.7. The third-order valence-electron chi connectivity index (χ3n) is 4.88. The first-order valence-electron chi connectivity index (χ1n) is 10.2. The van der Waals surface area contributed by atoms with Crippen LogP contribution >= 0.6 is 11.8 Å². The van der Waals surface area contributed by atoms with Gasteiger partial charge in [-0.25, -0.2) is 4.79 Å². The van der Waals surface area contributed by atoms with Crippen LogP contribution in [-0.4, -0.2) is 87.8 Å². The molecule has 8 N–H and O–H groups in total. The molecule has 0 aliphatic rings. The predicted molar refractivity (Wildman–Crippen MR) is 118 cm³/mol. The highest BCUT2D eigenvalue weighted by atomic mass is 32.2. The van der Waals surface area contributed by atoms with E-state index in [9.17, 15) is 29.1 Å². The van der Waals surface area contributed by atoms with Gasteiger partial charge >= 0.3 is 11.9 Å². The van der Waals surface area contributed by atoms with Crippen molar-refractivity contribution in [1.29, 1.82) is 0 Å². The Balaban J connectivity index is 5.23. The van der Waals surface area contributed by atoms with Crippen molar-refractivity contribution in [1.82, 2.24) is 16.0 Å². The Labute approximate surface area is 191 Å². The number of rotatable bonds is 16. The summed E-state index contributed by atoms with van der Waals surface area (Å²) in [4.78, 5) is 59.4. The number of aliphatic hydroxyl groups excluding tert-OH is 1. The van der Waals surface area contributed by atoms with Crippen molar-refractivity contribution < 1.29 is 39.3 Å². The number of carbonyl (C=O) groups is 5. The lowest BCUT2D eigenvalue weighted by atomic mass is 9.99. The van der Waals surface area contributed by atoms with Crippen LogP contribution < -0.4 is 21.7 Å². The Morgan fingerprint density at radius 3 is 1.91 bits per heavy atom. The molecule has 5 unspecified atom stereocenters. The Bertz CT molecular complexity index is 663. The molecule has 0 aromatic carbocycles. The number of carboxylic acids is 2. The number of nitrogens with one attached hydrogen (secondary N) is 3. The molecule has 0 aromatic heterocycles. The van der Waals surface area contributed by atoms with Crippen LogP contribution in [0.5, 0.6) is 0 Å². The molecule has 13 heteroatoms. The number of carbonyl (C=O) groups excluding carboxylic acids is 3. The minimum absolute atomic E-state index is 0.117. The molecule has 184 valence electrons. The second-order valence-electron chi connectivity index (χ2n) is 7.33. The van der Waals surface area contributed by atoms with Crippen LogP contribution in [0.15, 0.2) is 0 Å². The lowest BCUT2D eigenvalue weighted by molar-refractivity contribution is -0.143. The van der Waals surface area contributed by atoms with E-state index in [0.717, 1.165) is 0 Å². The topological polar surface area (TPSA) is 208 Å². The van der Waals surface area contributed by atoms with Crippen molar-refractivity contribution in [2.24, 2.45) is 11.7 Å². The summed E-state index contributed by atoms with van der Waals surface area (Å²) >= 11 is 1.44. The lowest BCUT2D eigenvalue weighted by Gasteiger charge is -2.25. The maximum atomic E-state index is 12.7. The molecule has 12 nitrogen and oxygen atoms in total. The number of aliphatic hydroxyl groups is 1. The van der Waals surface area contributed by atoms with E-state index in [1.807, 2.05) is 13.2 Å². The zero-order chi connectivity index (χ0) is 24.8. The van der Waals surface area contributed by atoms with Gasteiger partial charge < -0.3 is 37.0 Å². The van der Waals surface area contributed by atoms with Crippen molar-refractivity contribution in [3.05, 3.63) is 0 Å². The fraction of sp³-hybridized carbons (Fsp3) is 0.737. The fourth-order valence-corrected chi connectivity index (χ4v) is 3.02. The largest absolute Gasteiger partial charge is 0.481 e. The van der Waals surface area contributed by atoms with Crippen LogP contribution in [0, 0.1) is 5.92 Å². The molecule has 0 aliphatic heterocycles. The summed E-state index contributed by atoms with van der Waals surface area (Å²) in [6, 6.07) is -4.85. The molecule has 0 heterocycles. The first-order chi connectivity index (χ1) is 15.0. The molecule has 0 spiro atoms. The van der Waals surface area contributed by atoms with Crippen molar-refractivity contribution in [3.63, 3.8) is 0 Å². The third-order valence-corrected chi connectivity index (χ3v) is 5.52. The minimum atomic E-state index is -1.51. The number of carboxylic acid groups (broad SMARTS) is 2. The van der Waals surface area contributed by atoms with E-state index in [1.165, 1.54) is 11.8 Å². The van der Waals surface area contributed by atoms with Gasteiger partial charge in [0.25, 0.3) is 0 Å². The molecule has 0 saturated carbocycles. The first-order valence-corrected chi connectivity index (χ1v) is 11.6. The van der Waals surface area contributed by atoms with Gasteiger partial charge in [0, 0.05) is 6.42 Å². The number of amides is 3. The van der Waals surface area contributed by atoms with E-state index in [-0.39, 0.29) is 18.8 Å². The summed E-state index contributed by atoms with van der Waals surface area (Å²) in [6.45, 7) is 2.84. The van der Waals surface area contributed by atoms with Gasteiger partial charge in [-0.3, -0.25) is 19.2 Å². The van der Waals surface area contributed by atoms with Crippen LogP contribution in [0.3, 0.4) is 0 Å². The molecule has 0 aliphatic carbocycles. The molecule has 0 rings (SSSR count). The molecule has 0 fully saturated rings. The molecule has 0 bridgehead atoms. The minimum Gasteiger partial charge on any atom is -0.481 e. The highest BCUT2D eigenvalue weighted by Gasteiger charge is 2.30. The van der Waals surface area contributed by atoms with Crippen LogP contribution in [0.1, 0.15) is 39.5 Å². The number of nitrogens with two attached hydrogens (primary N) is 1. The van der Waals surface area contributed by atoms with Crippen LogP contribution in [0.25, 0.3) is 0 Å². The van der Waals surface area contributed by atoms with E-state index >= 15 is 0 Å². The van der Waals surface area contributed by atoms with Gasteiger partial charge in [0.15, 0.2) is 0 Å². The summed E-state index contributed by atoms with van der Waals surface area (Å²) in [7, 11) is 0. The Hall–Kier alpha value is -2.38. The molecule has 32 heavy (non-hydrogen) atoms. The van der Waals surface area contributed by atoms with Crippen molar-refractivity contribution >= 4 is 41.4 Å². The predicted octanol–water partition coefficient (Wildman–Crippen LogP) is -1.49. The standard InChI is InChI=1S/C19H34N4O8S/c1-4-10(2)15(20)18(29)21-11(7-8-32-3)16(27)23-13(9-24)17(28)22-12(19(30)31)5-6-14(25)26/h10-13,15,24H,4-9,20H2,1-3H3,(H,21,29)(H,22,28)(H,23,27)(H,25,26)(H,30,31). The molecular formula is C19H34N4O8S. The second kappa shape index (κ2) is 15.4. The van der Waals surface area contributed by atoms with Gasteiger partial charge in [-0.2, -0.15) is 11.8 Å². The Morgan fingerprint density at radius 2 is 1.44 bits per heavy atom. The number of thioether (sulfide) groups is 1. The third kappa shape index (κ3) is 10.8. The summed E-state index contributed by atoms with van der Waals surface area (Å²) in [5, 5.41) is 34.3. The fourth-order valence-electron chi connectivity index (χ4n) is 2.55. The lowest BCUT2D eigenvalue weighted by Crippen LogP contribution is -2.58. The molecule has 0 aromatic rings. The Morgan fingerprint density at radius 1 is 0.906 bits per heavy atom. The van der Waals surface area contributed by atoms with E-state index in [4.69, 9.17) is 15.9 Å². The van der Waals surface area contributed by atoms with Gasteiger partial charge in [-0.1, -0.05) is 20.3 Å². The smallest absolute Gasteiger partial charge is 0.326 e. The van der Waals surface area contributed by atoms with Crippen LogP contribution in [-0.2, 0) is 24.0 Å². The molecule has 0 radical (unpaired) electrons. The highest BCUT2D eigenvalue weighted by molar-refractivity contribution is 7.98. The summed E-state index contributed by atoms with van der Waals surface area (Å²) < 4.78 is 0. The van der Waals surface area contributed by atoms with Crippen molar-refractivity contribution in [2.75, 3.05) is 18.6 Å². The molecular weight excluding hydrogens is 444 g/mol. The molecule has 3 amide bonds. The average molecular weight is 479 g/mol. The summed E-state index contributed by atoms with van der Waals surface area (Å²) in [5.41, 5.74) is 5.91. The number of hydrogen-bond donors (Lipinski definition) is 7. The first kappa shape index (κ1) is 29.6.